The van der Waals surface area contributed by atoms with Crippen molar-refractivity contribution in [3.05, 3.63) is 58.0 Å². The highest BCUT2D eigenvalue weighted by molar-refractivity contribution is 5.81. The molecule has 7 nitrogen and oxygen atoms in total. The Morgan fingerprint density at radius 1 is 1.07 bits per heavy atom. The second kappa shape index (κ2) is 9.07. The van der Waals surface area contributed by atoms with Gasteiger partial charge in [-0.3, -0.25) is 13.9 Å². The van der Waals surface area contributed by atoms with Gasteiger partial charge in [-0.2, -0.15) is 0 Å². The molecule has 1 heterocycles. The lowest BCUT2D eigenvalue weighted by atomic mass is 10.0. The second-order valence-electron chi connectivity index (χ2n) is 7.36. The van der Waals surface area contributed by atoms with Crippen LogP contribution in [-0.4, -0.2) is 29.3 Å². The summed E-state index contributed by atoms with van der Waals surface area (Å²) in [6, 6.07) is 11.1. The third-order valence-corrected chi connectivity index (χ3v) is 5.29. The number of rotatable bonds is 8. The molecule has 1 amide bonds. The first-order chi connectivity index (χ1) is 14.4. The SMILES string of the molecule is CCCn1c(=O)n(CC(=O)NC(C)c2cc(OC)c(OC)cc2C)c2ccccc21. The van der Waals surface area contributed by atoms with Crippen molar-refractivity contribution >= 4 is 16.9 Å². The average molecular weight is 412 g/mol. The minimum atomic E-state index is -0.253. The van der Waals surface area contributed by atoms with Crippen LogP contribution >= 0.6 is 0 Å². The lowest BCUT2D eigenvalue weighted by Crippen LogP contribution is -2.34. The van der Waals surface area contributed by atoms with E-state index in [1.807, 2.05) is 57.2 Å². The summed E-state index contributed by atoms with van der Waals surface area (Å²) in [5.41, 5.74) is 3.36. The van der Waals surface area contributed by atoms with E-state index in [4.69, 9.17) is 9.47 Å². The van der Waals surface area contributed by atoms with Gasteiger partial charge < -0.3 is 14.8 Å². The standard InChI is InChI=1S/C23H29N3O4/c1-6-11-25-18-9-7-8-10-19(18)26(23(25)28)14-22(27)24-16(3)17-13-21(30-5)20(29-4)12-15(17)2/h7-10,12-13,16H,6,11,14H2,1-5H3,(H,24,27). The van der Waals surface area contributed by atoms with E-state index in [-0.39, 0.29) is 24.2 Å². The summed E-state index contributed by atoms with van der Waals surface area (Å²) in [5.74, 6) is 1.03. The van der Waals surface area contributed by atoms with Crippen LogP contribution in [0.3, 0.4) is 0 Å². The summed E-state index contributed by atoms with van der Waals surface area (Å²) < 4.78 is 14.0. The molecular formula is C23H29N3O4. The van der Waals surface area contributed by atoms with Crippen molar-refractivity contribution in [2.24, 2.45) is 0 Å². The van der Waals surface area contributed by atoms with Crippen LogP contribution in [0, 0.1) is 6.92 Å². The molecule has 3 rings (SSSR count). The molecule has 30 heavy (non-hydrogen) atoms. The van der Waals surface area contributed by atoms with Gasteiger partial charge in [-0.1, -0.05) is 19.1 Å². The predicted octanol–water partition coefficient (Wildman–Crippen LogP) is 3.42. The van der Waals surface area contributed by atoms with Crippen molar-refractivity contribution < 1.29 is 14.3 Å². The number of nitrogens with zero attached hydrogens (tertiary/aromatic N) is 2. The molecule has 0 spiro atoms. The molecule has 160 valence electrons. The lowest BCUT2D eigenvalue weighted by Gasteiger charge is -2.19. The third-order valence-electron chi connectivity index (χ3n) is 5.29. The zero-order chi connectivity index (χ0) is 21.8. The van der Waals surface area contributed by atoms with Crippen LogP contribution in [0.5, 0.6) is 11.5 Å². The Morgan fingerprint density at radius 3 is 2.27 bits per heavy atom. The number of hydrogen-bond acceptors (Lipinski definition) is 4. The number of ether oxygens (including phenoxy) is 2. The highest BCUT2D eigenvalue weighted by atomic mass is 16.5. The smallest absolute Gasteiger partial charge is 0.329 e. The molecule has 2 aromatic carbocycles. The summed E-state index contributed by atoms with van der Waals surface area (Å²) >= 11 is 0. The minimum Gasteiger partial charge on any atom is -0.493 e. The first kappa shape index (κ1) is 21.5. The van der Waals surface area contributed by atoms with E-state index in [1.165, 1.54) is 4.57 Å². The predicted molar refractivity (Wildman–Crippen MR) is 117 cm³/mol. The topological polar surface area (TPSA) is 74.5 Å². The fourth-order valence-electron chi connectivity index (χ4n) is 3.84. The summed E-state index contributed by atoms with van der Waals surface area (Å²) in [6.45, 7) is 6.48. The normalized spacial score (nSPS) is 12.0. The van der Waals surface area contributed by atoms with E-state index in [0.29, 0.717) is 18.0 Å². The van der Waals surface area contributed by atoms with Gasteiger partial charge in [0.15, 0.2) is 11.5 Å². The number of imidazole rings is 1. The molecular weight excluding hydrogens is 382 g/mol. The molecule has 0 aliphatic rings. The van der Waals surface area contributed by atoms with Gasteiger partial charge in [-0.15, -0.1) is 0 Å². The van der Waals surface area contributed by atoms with E-state index in [9.17, 15) is 9.59 Å². The van der Waals surface area contributed by atoms with Gasteiger partial charge >= 0.3 is 5.69 Å². The van der Waals surface area contributed by atoms with Gasteiger partial charge in [-0.25, -0.2) is 4.79 Å². The van der Waals surface area contributed by atoms with Gasteiger partial charge in [0.2, 0.25) is 5.91 Å². The largest absolute Gasteiger partial charge is 0.493 e. The molecule has 0 bridgehead atoms. The quantitative estimate of drug-likeness (QED) is 0.616. The van der Waals surface area contributed by atoms with E-state index in [1.54, 1.807) is 18.8 Å². The van der Waals surface area contributed by atoms with Crippen LogP contribution in [0.25, 0.3) is 11.0 Å². The number of amides is 1. The third kappa shape index (κ3) is 4.06. The molecule has 0 radical (unpaired) electrons. The summed E-state index contributed by atoms with van der Waals surface area (Å²) in [6.07, 6.45) is 0.843. The maximum atomic E-state index is 12.9. The minimum absolute atomic E-state index is 0.0350. The monoisotopic (exact) mass is 411 g/mol. The molecule has 0 fully saturated rings. The lowest BCUT2D eigenvalue weighted by molar-refractivity contribution is -0.122. The first-order valence-electron chi connectivity index (χ1n) is 10.1. The molecule has 3 aromatic rings. The first-order valence-corrected chi connectivity index (χ1v) is 10.1. The summed E-state index contributed by atoms with van der Waals surface area (Å²) in [5, 5.41) is 3.00. The molecule has 0 aliphatic carbocycles. The Kier molecular flexibility index (Phi) is 6.50. The Labute approximate surface area is 176 Å². The highest BCUT2D eigenvalue weighted by Gasteiger charge is 2.18. The van der Waals surface area contributed by atoms with Crippen LogP contribution in [0.15, 0.2) is 41.2 Å². The van der Waals surface area contributed by atoms with Crippen molar-refractivity contribution in [1.29, 1.82) is 0 Å². The van der Waals surface area contributed by atoms with Gasteiger partial charge in [0.05, 0.1) is 31.3 Å². The van der Waals surface area contributed by atoms with Crippen molar-refractivity contribution in [1.82, 2.24) is 14.5 Å². The number of para-hydroxylation sites is 2. The number of nitrogens with one attached hydrogen (secondary N) is 1. The molecule has 0 saturated carbocycles. The molecule has 0 saturated heterocycles. The number of carbonyl (C=O) groups is 1. The highest BCUT2D eigenvalue weighted by Crippen LogP contribution is 2.32. The van der Waals surface area contributed by atoms with Crippen LogP contribution in [0.2, 0.25) is 0 Å². The van der Waals surface area contributed by atoms with Crippen LogP contribution in [-0.2, 0) is 17.9 Å². The van der Waals surface area contributed by atoms with E-state index in [0.717, 1.165) is 28.6 Å². The molecule has 1 unspecified atom stereocenters. The van der Waals surface area contributed by atoms with Crippen LogP contribution in [0.4, 0.5) is 0 Å². The fourth-order valence-corrected chi connectivity index (χ4v) is 3.84. The second-order valence-corrected chi connectivity index (χ2v) is 7.36. The maximum Gasteiger partial charge on any atom is 0.329 e. The zero-order valence-electron chi connectivity index (χ0n) is 18.2. The number of hydrogen-bond donors (Lipinski definition) is 1. The van der Waals surface area contributed by atoms with Gasteiger partial charge in [-0.05, 0) is 55.7 Å². The van der Waals surface area contributed by atoms with Crippen molar-refractivity contribution in [2.45, 2.75) is 46.3 Å². The number of aryl methyl sites for hydroxylation is 2. The van der Waals surface area contributed by atoms with Crippen molar-refractivity contribution in [3.63, 3.8) is 0 Å². The van der Waals surface area contributed by atoms with Crippen LogP contribution < -0.4 is 20.5 Å². The summed E-state index contributed by atoms with van der Waals surface area (Å²) in [7, 11) is 3.17. The Morgan fingerprint density at radius 2 is 1.67 bits per heavy atom. The Bertz CT molecular complexity index is 1110. The summed E-state index contributed by atoms with van der Waals surface area (Å²) in [4.78, 5) is 25.7. The molecule has 1 atom stereocenters. The van der Waals surface area contributed by atoms with E-state index >= 15 is 0 Å². The molecule has 0 aliphatic heterocycles. The Hall–Kier alpha value is -3.22. The van der Waals surface area contributed by atoms with Crippen molar-refractivity contribution in [3.8, 4) is 11.5 Å². The number of fused-ring (bicyclic) bond motifs is 1. The van der Waals surface area contributed by atoms with E-state index < -0.39 is 0 Å². The number of methoxy groups -OCH3 is 2. The number of aromatic nitrogens is 2. The number of benzene rings is 2. The average Bonchev–Trinajstić information content (AvgIpc) is 2.99. The van der Waals surface area contributed by atoms with Crippen molar-refractivity contribution in [2.75, 3.05) is 14.2 Å². The fraction of sp³-hybridized carbons (Fsp3) is 0.391. The molecule has 1 N–H and O–H groups in total. The van der Waals surface area contributed by atoms with Gasteiger partial charge in [0.1, 0.15) is 6.54 Å². The van der Waals surface area contributed by atoms with Gasteiger partial charge in [0.25, 0.3) is 0 Å². The maximum absolute atomic E-state index is 12.9. The zero-order valence-corrected chi connectivity index (χ0v) is 18.2. The van der Waals surface area contributed by atoms with Crippen LogP contribution in [0.1, 0.15) is 37.4 Å². The number of carbonyl (C=O) groups excluding carboxylic acids is 1. The van der Waals surface area contributed by atoms with Gasteiger partial charge in [0, 0.05) is 6.54 Å². The molecule has 7 heteroatoms. The Balaban J connectivity index is 1.85. The molecule has 1 aromatic heterocycles. The van der Waals surface area contributed by atoms with E-state index in [2.05, 4.69) is 5.32 Å².